The van der Waals surface area contributed by atoms with E-state index >= 15 is 0 Å². The van der Waals surface area contributed by atoms with Crippen molar-refractivity contribution in [1.29, 1.82) is 0 Å². The first-order valence-electron chi connectivity index (χ1n) is 8.81. The molecule has 0 aliphatic heterocycles. The van der Waals surface area contributed by atoms with Crippen molar-refractivity contribution in [2.24, 2.45) is 17.4 Å². The Kier molecular flexibility index (Phi) is 4.58. The zero-order chi connectivity index (χ0) is 19.7. The maximum Gasteiger partial charge on any atom is 0.271 e. The SMILES string of the molecule is NC(=O)c1ncc(NCC(=O)C2CC2N)nc1Nc1ccc2cnccc2c1. The summed E-state index contributed by atoms with van der Waals surface area (Å²) in [6.07, 6.45) is 5.56. The standard InChI is InChI=1S/C19H19N7O2/c20-14-6-13(14)15(27)8-23-16-9-24-17(18(21)28)19(26-16)25-12-2-1-11-7-22-4-3-10(11)5-12/h1-5,7,9,13-14H,6,8,20H2,(H2,21,28)(H2,23,25,26). The summed E-state index contributed by atoms with van der Waals surface area (Å²) in [4.78, 5) is 36.2. The van der Waals surface area contributed by atoms with Gasteiger partial charge in [0, 0.05) is 35.4 Å². The zero-order valence-corrected chi connectivity index (χ0v) is 14.9. The summed E-state index contributed by atoms with van der Waals surface area (Å²) in [7, 11) is 0. The second-order valence-corrected chi connectivity index (χ2v) is 6.71. The number of pyridine rings is 1. The van der Waals surface area contributed by atoms with Gasteiger partial charge >= 0.3 is 0 Å². The molecule has 9 heteroatoms. The summed E-state index contributed by atoms with van der Waals surface area (Å²) in [5, 5.41) is 7.97. The normalized spacial score (nSPS) is 17.9. The molecule has 0 saturated heterocycles. The number of fused-ring (bicyclic) bond motifs is 1. The molecule has 1 amide bonds. The monoisotopic (exact) mass is 377 g/mol. The second-order valence-electron chi connectivity index (χ2n) is 6.71. The average molecular weight is 377 g/mol. The van der Waals surface area contributed by atoms with Gasteiger partial charge in [-0.15, -0.1) is 0 Å². The molecule has 1 aromatic carbocycles. The first-order chi connectivity index (χ1) is 13.5. The topological polar surface area (TPSA) is 149 Å². The Bertz CT molecular complexity index is 1070. The minimum absolute atomic E-state index is 0.0101. The van der Waals surface area contributed by atoms with E-state index in [2.05, 4.69) is 25.6 Å². The molecule has 0 bridgehead atoms. The van der Waals surface area contributed by atoms with Gasteiger partial charge in [-0.25, -0.2) is 9.97 Å². The molecule has 1 aliphatic rings. The van der Waals surface area contributed by atoms with E-state index in [1.807, 2.05) is 24.3 Å². The van der Waals surface area contributed by atoms with Crippen molar-refractivity contribution in [2.45, 2.75) is 12.5 Å². The first-order valence-corrected chi connectivity index (χ1v) is 8.81. The highest BCUT2D eigenvalue weighted by Crippen LogP contribution is 2.28. The fourth-order valence-electron chi connectivity index (χ4n) is 2.93. The number of nitrogens with zero attached hydrogens (tertiary/aromatic N) is 3. The van der Waals surface area contributed by atoms with Gasteiger partial charge in [0.05, 0.1) is 12.7 Å². The third-order valence-electron chi connectivity index (χ3n) is 4.61. The fourth-order valence-corrected chi connectivity index (χ4v) is 2.93. The minimum Gasteiger partial charge on any atom is -0.364 e. The molecule has 2 unspecified atom stereocenters. The van der Waals surface area contributed by atoms with Crippen LogP contribution in [0.1, 0.15) is 16.9 Å². The summed E-state index contributed by atoms with van der Waals surface area (Å²) >= 11 is 0. The largest absolute Gasteiger partial charge is 0.364 e. The van der Waals surface area contributed by atoms with Crippen LogP contribution >= 0.6 is 0 Å². The van der Waals surface area contributed by atoms with Gasteiger partial charge in [-0.2, -0.15) is 0 Å². The van der Waals surface area contributed by atoms with Crippen LogP contribution in [0.25, 0.3) is 10.8 Å². The number of hydrogen-bond acceptors (Lipinski definition) is 8. The van der Waals surface area contributed by atoms with Crippen molar-refractivity contribution in [2.75, 3.05) is 17.2 Å². The van der Waals surface area contributed by atoms with Crippen LogP contribution in [0.4, 0.5) is 17.3 Å². The van der Waals surface area contributed by atoms with Gasteiger partial charge in [0.2, 0.25) is 0 Å². The van der Waals surface area contributed by atoms with Gasteiger partial charge in [0.1, 0.15) is 5.82 Å². The molecule has 4 rings (SSSR count). The van der Waals surface area contributed by atoms with E-state index in [1.165, 1.54) is 6.20 Å². The molecule has 1 fully saturated rings. The van der Waals surface area contributed by atoms with Gasteiger partial charge in [-0.3, -0.25) is 14.6 Å². The number of Topliss-reactive ketones (excluding diaryl/α,β-unsaturated/α-hetero) is 1. The fraction of sp³-hybridized carbons (Fsp3) is 0.211. The van der Waals surface area contributed by atoms with E-state index in [1.54, 1.807) is 12.4 Å². The van der Waals surface area contributed by atoms with Crippen LogP contribution in [0.5, 0.6) is 0 Å². The lowest BCUT2D eigenvalue weighted by Gasteiger charge is -2.12. The van der Waals surface area contributed by atoms with E-state index in [9.17, 15) is 9.59 Å². The average Bonchev–Trinajstić information content (AvgIpc) is 3.42. The molecule has 0 radical (unpaired) electrons. The number of aromatic nitrogens is 3. The van der Waals surface area contributed by atoms with Gasteiger partial charge in [0.15, 0.2) is 17.3 Å². The van der Waals surface area contributed by atoms with Crippen LogP contribution in [0.2, 0.25) is 0 Å². The van der Waals surface area contributed by atoms with Gasteiger partial charge in [-0.1, -0.05) is 6.07 Å². The number of amides is 1. The zero-order valence-electron chi connectivity index (χ0n) is 14.9. The number of hydrogen-bond donors (Lipinski definition) is 4. The summed E-state index contributed by atoms with van der Waals surface area (Å²) in [6, 6.07) is 7.49. The lowest BCUT2D eigenvalue weighted by molar-refractivity contribution is -0.118. The third-order valence-corrected chi connectivity index (χ3v) is 4.61. The third kappa shape index (κ3) is 3.74. The highest BCUT2D eigenvalue weighted by atomic mass is 16.1. The lowest BCUT2D eigenvalue weighted by atomic mass is 10.1. The van der Waals surface area contributed by atoms with Crippen LogP contribution in [0, 0.1) is 5.92 Å². The molecule has 2 heterocycles. The van der Waals surface area contributed by atoms with Crippen LogP contribution in [-0.4, -0.2) is 39.2 Å². The first kappa shape index (κ1) is 17.8. The smallest absolute Gasteiger partial charge is 0.271 e. The lowest BCUT2D eigenvalue weighted by Crippen LogP contribution is -2.21. The number of carbonyl (C=O) groups is 2. The number of nitrogens with two attached hydrogens (primary N) is 2. The van der Waals surface area contributed by atoms with Crippen molar-refractivity contribution in [3.05, 3.63) is 48.5 Å². The summed E-state index contributed by atoms with van der Waals surface area (Å²) in [6.45, 7) is 0.103. The second kappa shape index (κ2) is 7.20. The Morgan fingerprint density at radius 2 is 2.00 bits per heavy atom. The minimum atomic E-state index is -0.702. The van der Waals surface area contributed by atoms with Crippen LogP contribution in [-0.2, 0) is 4.79 Å². The van der Waals surface area contributed by atoms with E-state index in [0.29, 0.717) is 11.5 Å². The summed E-state index contributed by atoms with van der Waals surface area (Å²) < 4.78 is 0. The van der Waals surface area contributed by atoms with Crippen molar-refractivity contribution >= 4 is 39.8 Å². The molecule has 28 heavy (non-hydrogen) atoms. The number of rotatable bonds is 7. The Labute approximate surface area is 160 Å². The van der Waals surface area contributed by atoms with E-state index in [0.717, 1.165) is 17.2 Å². The number of benzene rings is 1. The molecular weight excluding hydrogens is 358 g/mol. The molecule has 6 N–H and O–H groups in total. The summed E-state index contributed by atoms with van der Waals surface area (Å²) in [5.41, 5.74) is 11.8. The van der Waals surface area contributed by atoms with Crippen molar-refractivity contribution in [3.8, 4) is 0 Å². The number of nitrogens with one attached hydrogen (secondary N) is 2. The molecular formula is C19H19N7O2. The van der Waals surface area contributed by atoms with Gasteiger partial charge in [0.25, 0.3) is 5.91 Å². The highest BCUT2D eigenvalue weighted by Gasteiger charge is 2.39. The van der Waals surface area contributed by atoms with Crippen LogP contribution < -0.4 is 22.1 Å². The Balaban J connectivity index is 1.56. The van der Waals surface area contributed by atoms with E-state index < -0.39 is 5.91 Å². The number of ketones is 1. The van der Waals surface area contributed by atoms with Crippen molar-refractivity contribution < 1.29 is 9.59 Å². The van der Waals surface area contributed by atoms with Crippen molar-refractivity contribution in [3.63, 3.8) is 0 Å². The number of carbonyl (C=O) groups excluding carboxylic acids is 2. The Morgan fingerprint density at radius 1 is 1.18 bits per heavy atom. The molecule has 0 spiro atoms. The van der Waals surface area contributed by atoms with Gasteiger partial charge in [-0.05, 0) is 30.0 Å². The van der Waals surface area contributed by atoms with E-state index in [4.69, 9.17) is 11.5 Å². The predicted molar refractivity (Wildman–Crippen MR) is 105 cm³/mol. The molecule has 9 nitrogen and oxygen atoms in total. The summed E-state index contributed by atoms with van der Waals surface area (Å²) in [5.74, 6) is -0.186. The molecule has 2 aromatic heterocycles. The molecule has 1 saturated carbocycles. The predicted octanol–water partition coefficient (Wildman–Crippen LogP) is 1.20. The maximum absolute atomic E-state index is 12.0. The van der Waals surface area contributed by atoms with E-state index in [-0.39, 0.29) is 35.8 Å². The maximum atomic E-state index is 12.0. The number of primary amides is 1. The van der Waals surface area contributed by atoms with Crippen molar-refractivity contribution in [1.82, 2.24) is 15.0 Å². The van der Waals surface area contributed by atoms with Crippen LogP contribution in [0.3, 0.4) is 0 Å². The Morgan fingerprint density at radius 3 is 2.75 bits per heavy atom. The van der Waals surface area contributed by atoms with Gasteiger partial charge < -0.3 is 22.1 Å². The molecule has 142 valence electrons. The van der Waals surface area contributed by atoms with Crippen LogP contribution in [0.15, 0.2) is 42.9 Å². The quantitative estimate of drug-likeness (QED) is 0.480. The molecule has 3 aromatic rings. The molecule has 1 aliphatic carbocycles. The highest BCUT2D eigenvalue weighted by molar-refractivity contribution is 5.97. The Hall–Kier alpha value is -3.59. The number of anilines is 3. The molecule has 2 atom stereocenters.